The molecule has 3 nitrogen and oxygen atoms in total. The summed E-state index contributed by atoms with van der Waals surface area (Å²) in [5.41, 5.74) is 2.55. The smallest absolute Gasteiger partial charge is 0.307 e. The van der Waals surface area contributed by atoms with Crippen LogP contribution in [0.2, 0.25) is 0 Å². The van der Waals surface area contributed by atoms with Crippen molar-refractivity contribution in [2.45, 2.75) is 20.3 Å². The summed E-state index contributed by atoms with van der Waals surface area (Å²) < 4.78 is 0. The quantitative estimate of drug-likeness (QED) is 0.719. The van der Waals surface area contributed by atoms with Crippen LogP contribution in [-0.2, 0) is 11.2 Å². The Bertz CT molecular complexity index is 287. The van der Waals surface area contributed by atoms with E-state index in [1.807, 2.05) is 13.8 Å². The molecule has 0 aliphatic rings. The minimum Gasteiger partial charge on any atom is -0.481 e. The SMILES string of the molecule is Cc1cc(CC(=O)O)cc(C)n1. The van der Waals surface area contributed by atoms with Crippen LogP contribution in [0.3, 0.4) is 0 Å². The average molecular weight is 165 g/mol. The van der Waals surface area contributed by atoms with Gasteiger partial charge in [-0.15, -0.1) is 0 Å². The van der Waals surface area contributed by atoms with Gasteiger partial charge in [-0.3, -0.25) is 9.78 Å². The number of carbonyl (C=O) groups is 1. The molecule has 0 aliphatic carbocycles. The fourth-order valence-electron chi connectivity index (χ4n) is 1.20. The van der Waals surface area contributed by atoms with Crippen LogP contribution in [0, 0.1) is 13.8 Å². The van der Waals surface area contributed by atoms with E-state index in [2.05, 4.69) is 4.98 Å². The van der Waals surface area contributed by atoms with Crippen molar-refractivity contribution in [3.05, 3.63) is 29.1 Å². The first-order valence-electron chi connectivity index (χ1n) is 3.74. The van der Waals surface area contributed by atoms with Gasteiger partial charge in [0.15, 0.2) is 0 Å². The van der Waals surface area contributed by atoms with Crippen LogP contribution in [-0.4, -0.2) is 16.1 Å². The number of pyridine rings is 1. The highest BCUT2D eigenvalue weighted by Crippen LogP contribution is 2.05. The van der Waals surface area contributed by atoms with Gasteiger partial charge in [-0.05, 0) is 31.5 Å². The Morgan fingerprint density at radius 3 is 2.33 bits per heavy atom. The van der Waals surface area contributed by atoms with Gasteiger partial charge in [0.1, 0.15) is 0 Å². The van der Waals surface area contributed by atoms with E-state index in [1.165, 1.54) is 0 Å². The molecule has 1 rings (SSSR count). The van der Waals surface area contributed by atoms with Gasteiger partial charge in [0.2, 0.25) is 0 Å². The van der Waals surface area contributed by atoms with Crippen LogP contribution < -0.4 is 0 Å². The number of aromatic nitrogens is 1. The zero-order chi connectivity index (χ0) is 9.14. The molecule has 0 radical (unpaired) electrons. The highest BCUT2D eigenvalue weighted by molar-refractivity contribution is 5.70. The molecule has 1 N–H and O–H groups in total. The third-order valence-corrected chi connectivity index (χ3v) is 1.50. The summed E-state index contributed by atoms with van der Waals surface area (Å²) in [4.78, 5) is 14.5. The van der Waals surface area contributed by atoms with Gasteiger partial charge in [-0.1, -0.05) is 0 Å². The number of rotatable bonds is 2. The highest BCUT2D eigenvalue weighted by Gasteiger charge is 2.01. The number of carboxylic acids is 1. The second-order valence-corrected chi connectivity index (χ2v) is 2.83. The summed E-state index contributed by atoms with van der Waals surface area (Å²) in [6, 6.07) is 3.59. The lowest BCUT2D eigenvalue weighted by Gasteiger charge is -2.00. The van der Waals surface area contributed by atoms with E-state index in [9.17, 15) is 4.79 Å². The van der Waals surface area contributed by atoms with E-state index in [0.29, 0.717) is 0 Å². The summed E-state index contributed by atoms with van der Waals surface area (Å²) in [6.07, 6.45) is 0.0736. The van der Waals surface area contributed by atoms with Crippen LogP contribution in [0.5, 0.6) is 0 Å². The zero-order valence-electron chi connectivity index (χ0n) is 7.16. The summed E-state index contributed by atoms with van der Waals surface area (Å²) in [7, 11) is 0. The largest absolute Gasteiger partial charge is 0.481 e. The lowest BCUT2D eigenvalue weighted by Crippen LogP contribution is -2.01. The Labute approximate surface area is 71.1 Å². The molecule has 0 saturated heterocycles. The molecule has 0 aliphatic heterocycles. The Balaban J connectivity index is 2.93. The average Bonchev–Trinajstić information content (AvgIpc) is 1.81. The molecule has 0 amide bonds. The fourth-order valence-corrected chi connectivity index (χ4v) is 1.20. The van der Waals surface area contributed by atoms with Crippen LogP contribution in [0.4, 0.5) is 0 Å². The summed E-state index contributed by atoms with van der Waals surface area (Å²) in [6.45, 7) is 3.72. The van der Waals surface area contributed by atoms with Gasteiger partial charge in [-0.25, -0.2) is 0 Å². The van der Waals surface area contributed by atoms with Crippen molar-refractivity contribution in [3.8, 4) is 0 Å². The van der Waals surface area contributed by atoms with E-state index >= 15 is 0 Å². The molecule has 0 atom stereocenters. The van der Waals surface area contributed by atoms with E-state index in [1.54, 1.807) is 12.1 Å². The third-order valence-electron chi connectivity index (χ3n) is 1.50. The molecule has 0 unspecified atom stereocenters. The minimum atomic E-state index is -0.806. The Hall–Kier alpha value is -1.38. The van der Waals surface area contributed by atoms with Crippen molar-refractivity contribution in [1.82, 2.24) is 4.98 Å². The van der Waals surface area contributed by atoms with Gasteiger partial charge in [-0.2, -0.15) is 0 Å². The number of carboxylic acid groups (broad SMARTS) is 1. The number of aliphatic carboxylic acids is 1. The molecule has 12 heavy (non-hydrogen) atoms. The van der Waals surface area contributed by atoms with Crippen molar-refractivity contribution < 1.29 is 9.90 Å². The van der Waals surface area contributed by atoms with Gasteiger partial charge in [0.05, 0.1) is 6.42 Å². The first-order valence-corrected chi connectivity index (χ1v) is 3.74. The van der Waals surface area contributed by atoms with E-state index < -0.39 is 5.97 Å². The number of nitrogens with zero attached hydrogens (tertiary/aromatic N) is 1. The Kier molecular flexibility index (Phi) is 2.43. The topological polar surface area (TPSA) is 50.2 Å². The second kappa shape index (κ2) is 3.34. The van der Waals surface area contributed by atoms with Crippen molar-refractivity contribution in [1.29, 1.82) is 0 Å². The van der Waals surface area contributed by atoms with Crippen LogP contribution in [0.1, 0.15) is 17.0 Å². The molecule has 64 valence electrons. The molecular formula is C9H11NO2. The zero-order valence-corrected chi connectivity index (χ0v) is 7.16. The molecule has 1 aromatic heterocycles. The first-order chi connectivity index (χ1) is 5.58. The molecule has 0 saturated carbocycles. The molecule has 0 spiro atoms. The fraction of sp³-hybridized carbons (Fsp3) is 0.333. The summed E-state index contributed by atoms with van der Waals surface area (Å²) >= 11 is 0. The molecule has 3 heteroatoms. The Morgan fingerprint density at radius 1 is 1.42 bits per heavy atom. The number of aryl methyl sites for hydroxylation is 2. The molecule has 0 fully saturated rings. The predicted octanol–water partition coefficient (Wildman–Crippen LogP) is 1.33. The minimum absolute atomic E-state index is 0.0736. The molecule has 1 heterocycles. The molecule has 0 bridgehead atoms. The van der Waals surface area contributed by atoms with Gasteiger partial charge in [0.25, 0.3) is 0 Å². The van der Waals surface area contributed by atoms with Gasteiger partial charge < -0.3 is 5.11 Å². The first kappa shape index (κ1) is 8.71. The van der Waals surface area contributed by atoms with Crippen molar-refractivity contribution >= 4 is 5.97 Å². The number of hydrogen-bond acceptors (Lipinski definition) is 2. The maximum Gasteiger partial charge on any atom is 0.307 e. The standard InChI is InChI=1S/C9H11NO2/c1-6-3-8(5-9(11)12)4-7(2)10-6/h3-4H,5H2,1-2H3,(H,11,12). The summed E-state index contributed by atoms with van der Waals surface area (Å²) in [5.74, 6) is -0.806. The van der Waals surface area contributed by atoms with Crippen LogP contribution >= 0.6 is 0 Å². The van der Waals surface area contributed by atoms with Gasteiger partial charge >= 0.3 is 5.97 Å². The maximum absolute atomic E-state index is 10.4. The molecule has 1 aromatic rings. The van der Waals surface area contributed by atoms with Crippen LogP contribution in [0.25, 0.3) is 0 Å². The monoisotopic (exact) mass is 165 g/mol. The predicted molar refractivity (Wildman–Crippen MR) is 45.1 cm³/mol. The number of hydrogen-bond donors (Lipinski definition) is 1. The second-order valence-electron chi connectivity index (χ2n) is 2.83. The van der Waals surface area contributed by atoms with Crippen molar-refractivity contribution in [2.75, 3.05) is 0 Å². The van der Waals surface area contributed by atoms with E-state index in [4.69, 9.17) is 5.11 Å². The maximum atomic E-state index is 10.4. The van der Waals surface area contributed by atoms with E-state index in [0.717, 1.165) is 17.0 Å². The van der Waals surface area contributed by atoms with Gasteiger partial charge in [0, 0.05) is 11.4 Å². The van der Waals surface area contributed by atoms with E-state index in [-0.39, 0.29) is 6.42 Å². The van der Waals surface area contributed by atoms with Crippen molar-refractivity contribution in [3.63, 3.8) is 0 Å². The van der Waals surface area contributed by atoms with Crippen molar-refractivity contribution in [2.24, 2.45) is 0 Å². The summed E-state index contributed by atoms with van der Waals surface area (Å²) in [5, 5.41) is 8.53. The normalized spacial score (nSPS) is 9.83. The van der Waals surface area contributed by atoms with Crippen LogP contribution in [0.15, 0.2) is 12.1 Å². The third kappa shape index (κ3) is 2.34. The Morgan fingerprint density at radius 2 is 1.92 bits per heavy atom. The lowest BCUT2D eigenvalue weighted by atomic mass is 10.1. The highest BCUT2D eigenvalue weighted by atomic mass is 16.4. The molecular weight excluding hydrogens is 154 g/mol. The molecule has 0 aromatic carbocycles. The lowest BCUT2D eigenvalue weighted by molar-refractivity contribution is -0.136.